The van der Waals surface area contributed by atoms with Crippen LogP contribution in [0.1, 0.15) is 41.3 Å². The van der Waals surface area contributed by atoms with Gasteiger partial charge in [-0.2, -0.15) is 0 Å². The maximum Gasteiger partial charge on any atom is 0.251 e. The van der Waals surface area contributed by atoms with Crippen LogP contribution >= 0.6 is 0 Å². The molecule has 1 fully saturated rings. The molecule has 0 bridgehead atoms. The molecule has 1 heterocycles. The molecule has 0 spiro atoms. The summed E-state index contributed by atoms with van der Waals surface area (Å²) in [5.41, 5.74) is 2.97. The van der Waals surface area contributed by atoms with E-state index < -0.39 is 10.0 Å². The highest BCUT2D eigenvalue weighted by Gasteiger charge is 2.35. The maximum absolute atomic E-state index is 13.2. The van der Waals surface area contributed by atoms with Crippen molar-refractivity contribution >= 4 is 33.4 Å². The van der Waals surface area contributed by atoms with E-state index >= 15 is 0 Å². The van der Waals surface area contributed by atoms with Gasteiger partial charge in [0.15, 0.2) is 0 Å². The molecular formula is C26H32N4O5S. The molecule has 4 rings (SSSR count). The lowest BCUT2D eigenvalue weighted by Crippen LogP contribution is -2.52. The van der Waals surface area contributed by atoms with Crippen LogP contribution in [-0.2, 0) is 32.6 Å². The van der Waals surface area contributed by atoms with Crippen LogP contribution in [0.5, 0.6) is 0 Å². The summed E-state index contributed by atoms with van der Waals surface area (Å²) in [7, 11) is -1.73. The molecule has 36 heavy (non-hydrogen) atoms. The van der Waals surface area contributed by atoms with Crippen LogP contribution in [0.4, 0.5) is 5.69 Å². The number of hydrogen-bond acceptors (Lipinski definition) is 5. The first kappa shape index (κ1) is 25.7. The number of carbonyl (C=O) groups excluding carboxylic acids is 3. The van der Waals surface area contributed by atoms with Gasteiger partial charge < -0.3 is 15.1 Å². The van der Waals surface area contributed by atoms with E-state index in [1.807, 2.05) is 24.3 Å². The molecule has 10 heteroatoms. The van der Waals surface area contributed by atoms with Crippen molar-refractivity contribution in [2.75, 3.05) is 30.6 Å². The third-order valence-electron chi connectivity index (χ3n) is 6.65. The predicted octanol–water partition coefficient (Wildman–Crippen LogP) is 2.00. The zero-order valence-corrected chi connectivity index (χ0v) is 21.4. The number of nitrogens with one attached hydrogen (secondary N) is 2. The molecule has 1 aliphatic heterocycles. The van der Waals surface area contributed by atoms with Gasteiger partial charge in [-0.15, -0.1) is 0 Å². The van der Waals surface area contributed by atoms with Crippen molar-refractivity contribution in [3.05, 3.63) is 65.2 Å². The smallest absolute Gasteiger partial charge is 0.251 e. The fraction of sp³-hybridized carbons (Fsp3) is 0.423. The Kier molecular flexibility index (Phi) is 7.63. The lowest BCUT2D eigenvalue weighted by Gasteiger charge is -2.38. The van der Waals surface area contributed by atoms with Gasteiger partial charge in [-0.05, 0) is 61.6 Å². The lowest BCUT2D eigenvalue weighted by molar-refractivity contribution is -0.142. The topological polar surface area (TPSA) is 116 Å². The number of sulfonamides is 1. The number of benzene rings is 2. The van der Waals surface area contributed by atoms with Gasteiger partial charge in [0.2, 0.25) is 21.8 Å². The summed E-state index contributed by atoms with van der Waals surface area (Å²) in [6.45, 7) is 2.23. The molecule has 3 amide bonds. The molecule has 1 unspecified atom stereocenters. The number of nitrogens with zero attached hydrogens (tertiary/aromatic N) is 2. The minimum Gasteiger partial charge on any atom is -0.350 e. The largest absolute Gasteiger partial charge is 0.350 e. The van der Waals surface area contributed by atoms with Crippen molar-refractivity contribution in [3.63, 3.8) is 0 Å². The normalized spacial score (nSPS) is 17.2. The van der Waals surface area contributed by atoms with E-state index in [-0.39, 0.29) is 48.5 Å². The Morgan fingerprint density at radius 1 is 1.03 bits per heavy atom. The lowest BCUT2D eigenvalue weighted by atomic mass is 9.93. The summed E-state index contributed by atoms with van der Waals surface area (Å²) < 4.78 is 25.9. The third kappa shape index (κ3) is 6.23. The SMILES string of the molecule is CCS(=O)(=O)Nc1ccc(C(=O)NCC2Cc3ccccc3CN2C(=O)CN(C)C(=O)C2CC2)cc1. The minimum atomic E-state index is -3.40. The average molecular weight is 513 g/mol. The Balaban J connectivity index is 1.42. The summed E-state index contributed by atoms with van der Waals surface area (Å²) in [5, 5.41) is 2.92. The summed E-state index contributed by atoms with van der Waals surface area (Å²) in [4.78, 5) is 41.6. The fourth-order valence-electron chi connectivity index (χ4n) is 4.33. The van der Waals surface area contributed by atoms with Crippen molar-refractivity contribution < 1.29 is 22.8 Å². The molecule has 0 radical (unpaired) electrons. The van der Waals surface area contributed by atoms with E-state index in [1.54, 1.807) is 43.1 Å². The van der Waals surface area contributed by atoms with Gasteiger partial charge in [-0.25, -0.2) is 8.42 Å². The fourth-order valence-corrected chi connectivity index (χ4v) is 4.97. The van der Waals surface area contributed by atoms with E-state index in [9.17, 15) is 22.8 Å². The molecule has 9 nitrogen and oxygen atoms in total. The summed E-state index contributed by atoms with van der Waals surface area (Å²) >= 11 is 0. The second kappa shape index (κ2) is 10.7. The number of hydrogen-bond donors (Lipinski definition) is 2. The van der Waals surface area contributed by atoms with E-state index in [0.29, 0.717) is 24.2 Å². The number of anilines is 1. The van der Waals surface area contributed by atoms with Crippen LogP contribution in [0.3, 0.4) is 0 Å². The summed E-state index contributed by atoms with van der Waals surface area (Å²) in [5.74, 6) is -0.446. The molecule has 0 saturated heterocycles. The van der Waals surface area contributed by atoms with Gasteiger partial charge in [-0.1, -0.05) is 24.3 Å². The average Bonchev–Trinajstić information content (AvgIpc) is 3.72. The molecular weight excluding hydrogens is 480 g/mol. The second-order valence-electron chi connectivity index (χ2n) is 9.41. The van der Waals surface area contributed by atoms with E-state index in [0.717, 1.165) is 24.0 Å². The van der Waals surface area contributed by atoms with Crippen molar-refractivity contribution in [2.45, 2.75) is 38.8 Å². The first-order valence-corrected chi connectivity index (χ1v) is 13.8. The van der Waals surface area contributed by atoms with Crippen LogP contribution in [-0.4, -0.2) is 67.9 Å². The van der Waals surface area contributed by atoms with Crippen LogP contribution in [0.2, 0.25) is 0 Å². The van der Waals surface area contributed by atoms with Gasteiger partial charge in [0.25, 0.3) is 5.91 Å². The molecule has 2 aliphatic rings. The third-order valence-corrected chi connectivity index (χ3v) is 7.96. The van der Waals surface area contributed by atoms with Crippen molar-refractivity contribution in [1.29, 1.82) is 0 Å². The molecule has 192 valence electrons. The first-order chi connectivity index (χ1) is 17.2. The van der Waals surface area contributed by atoms with Gasteiger partial charge in [0.1, 0.15) is 0 Å². The maximum atomic E-state index is 13.2. The highest BCUT2D eigenvalue weighted by molar-refractivity contribution is 7.92. The van der Waals surface area contributed by atoms with E-state index in [1.165, 1.54) is 4.90 Å². The molecule has 1 saturated carbocycles. The van der Waals surface area contributed by atoms with E-state index in [4.69, 9.17) is 0 Å². The summed E-state index contributed by atoms with van der Waals surface area (Å²) in [6.07, 6.45) is 2.36. The van der Waals surface area contributed by atoms with Crippen molar-refractivity contribution in [3.8, 4) is 0 Å². The quantitative estimate of drug-likeness (QED) is 0.533. The van der Waals surface area contributed by atoms with Gasteiger partial charge in [-0.3, -0.25) is 19.1 Å². The zero-order valence-electron chi connectivity index (χ0n) is 20.6. The molecule has 0 aromatic heterocycles. The monoisotopic (exact) mass is 512 g/mol. The molecule has 2 N–H and O–H groups in total. The van der Waals surface area contributed by atoms with Crippen LogP contribution in [0, 0.1) is 5.92 Å². The van der Waals surface area contributed by atoms with Gasteiger partial charge in [0, 0.05) is 37.3 Å². The number of likely N-dealkylation sites (N-methyl/N-ethyl adjacent to an activating group) is 1. The Morgan fingerprint density at radius 3 is 2.33 bits per heavy atom. The predicted molar refractivity (Wildman–Crippen MR) is 137 cm³/mol. The second-order valence-corrected chi connectivity index (χ2v) is 11.4. The molecule has 2 aromatic rings. The Labute approximate surface area is 211 Å². The number of carbonyl (C=O) groups is 3. The van der Waals surface area contributed by atoms with Crippen molar-refractivity contribution in [2.24, 2.45) is 5.92 Å². The van der Waals surface area contributed by atoms with Crippen LogP contribution in [0.15, 0.2) is 48.5 Å². The van der Waals surface area contributed by atoms with Gasteiger partial charge >= 0.3 is 0 Å². The van der Waals surface area contributed by atoms with Crippen molar-refractivity contribution in [1.82, 2.24) is 15.1 Å². The first-order valence-electron chi connectivity index (χ1n) is 12.2. The Bertz CT molecular complexity index is 1240. The molecule has 1 aliphatic carbocycles. The Morgan fingerprint density at radius 2 is 1.69 bits per heavy atom. The highest BCUT2D eigenvalue weighted by atomic mass is 32.2. The molecule has 1 atom stereocenters. The Hall–Kier alpha value is -3.40. The zero-order chi connectivity index (χ0) is 25.9. The number of fused-ring (bicyclic) bond motifs is 1. The number of amides is 3. The summed E-state index contributed by atoms with van der Waals surface area (Å²) in [6, 6.07) is 13.9. The van der Waals surface area contributed by atoms with E-state index in [2.05, 4.69) is 10.0 Å². The van der Waals surface area contributed by atoms with Gasteiger partial charge in [0.05, 0.1) is 18.3 Å². The molecule has 2 aromatic carbocycles. The van der Waals surface area contributed by atoms with Crippen LogP contribution in [0.25, 0.3) is 0 Å². The highest BCUT2D eigenvalue weighted by Crippen LogP contribution is 2.31. The number of rotatable bonds is 9. The standard InChI is InChI=1S/C26H32N4O5S/c1-3-36(34,35)28-22-12-10-18(11-13-22)25(32)27-15-23-14-20-6-4-5-7-21(20)16-30(23)24(31)17-29(2)26(33)19-8-9-19/h4-7,10-13,19,23,28H,3,8-9,14-17H2,1-2H3,(H,27,32). The minimum absolute atomic E-state index is 0.00952. The van der Waals surface area contributed by atoms with Crippen LogP contribution < -0.4 is 10.0 Å².